The zero-order valence-corrected chi connectivity index (χ0v) is 13.2. The van der Waals surface area contributed by atoms with E-state index in [1.807, 2.05) is 34.6 Å². The number of nitrogens with one attached hydrogen (secondary N) is 2. The fourth-order valence-corrected chi connectivity index (χ4v) is 1.88. The Labute approximate surface area is 121 Å². The summed E-state index contributed by atoms with van der Waals surface area (Å²) in [5, 5.41) is 6.05. The molecular weight excluding hydrogens is 255 g/mol. The molecule has 0 spiro atoms. The van der Waals surface area contributed by atoms with Gasteiger partial charge in [-0.2, -0.15) is 0 Å². The van der Waals surface area contributed by atoms with E-state index in [0.717, 1.165) is 5.56 Å². The second-order valence-corrected chi connectivity index (χ2v) is 6.70. The average Bonchev–Trinajstić information content (AvgIpc) is 2.35. The SMILES string of the molecule is CNC(C)(C)C(=O)NC(c1ccc(F)cc1)C(C)(C)C. The standard InChI is InChI=1S/C16H25FN2O/c1-15(2,3)13(11-7-9-12(17)10-8-11)19-14(20)16(4,5)18-6/h7-10,13,18H,1-6H3,(H,19,20). The lowest BCUT2D eigenvalue weighted by Gasteiger charge is -2.35. The first-order valence-corrected chi connectivity index (χ1v) is 6.83. The summed E-state index contributed by atoms with van der Waals surface area (Å²) in [6.07, 6.45) is 0. The van der Waals surface area contributed by atoms with Gasteiger partial charge in [0.2, 0.25) is 5.91 Å². The quantitative estimate of drug-likeness (QED) is 0.890. The van der Waals surface area contributed by atoms with Gasteiger partial charge in [0.15, 0.2) is 0 Å². The zero-order chi connectivity index (χ0) is 15.6. The number of halogens is 1. The van der Waals surface area contributed by atoms with Gasteiger partial charge in [-0.3, -0.25) is 4.79 Å². The Hall–Kier alpha value is -1.42. The predicted octanol–water partition coefficient (Wildman–Crippen LogP) is 3.03. The van der Waals surface area contributed by atoms with E-state index in [0.29, 0.717) is 0 Å². The van der Waals surface area contributed by atoms with Gasteiger partial charge in [-0.1, -0.05) is 32.9 Å². The first kappa shape index (κ1) is 16.6. The molecule has 0 aliphatic rings. The van der Waals surface area contributed by atoms with Crippen LogP contribution in [-0.2, 0) is 4.79 Å². The number of hydrogen-bond donors (Lipinski definition) is 2. The molecule has 0 saturated carbocycles. The number of rotatable bonds is 4. The molecule has 1 aromatic carbocycles. The molecule has 1 unspecified atom stereocenters. The highest BCUT2D eigenvalue weighted by molar-refractivity contribution is 5.85. The Morgan fingerprint density at radius 3 is 2.00 bits per heavy atom. The van der Waals surface area contributed by atoms with E-state index in [4.69, 9.17) is 0 Å². The van der Waals surface area contributed by atoms with Gasteiger partial charge in [0, 0.05) is 0 Å². The maximum Gasteiger partial charge on any atom is 0.240 e. The summed E-state index contributed by atoms with van der Waals surface area (Å²) < 4.78 is 13.1. The molecule has 1 aromatic rings. The van der Waals surface area contributed by atoms with E-state index in [1.54, 1.807) is 19.2 Å². The number of carbonyl (C=O) groups is 1. The third-order valence-corrected chi connectivity index (χ3v) is 3.54. The van der Waals surface area contributed by atoms with Crippen molar-refractivity contribution in [3.05, 3.63) is 35.6 Å². The van der Waals surface area contributed by atoms with E-state index in [-0.39, 0.29) is 23.2 Å². The Balaban J connectivity index is 3.04. The van der Waals surface area contributed by atoms with Crippen molar-refractivity contribution in [2.75, 3.05) is 7.05 Å². The number of likely N-dealkylation sites (N-methyl/N-ethyl adjacent to an activating group) is 1. The maximum absolute atomic E-state index is 13.1. The van der Waals surface area contributed by atoms with Gasteiger partial charge in [0.25, 0.3) is 0 Å². The van der Waals surface area contributed by atoms with E-state index in [1.165, 1.54) is 12.1 Å². The van der Waals surface area contributed by atoms with Crippen LogP contribution in [0.5, 0.6) is 0 Å². The summed E-state index contributed by atoms with van der Waals surface area (Å²) in [7, 11) is 1.75. The maximum atomic E-state index is 13.1. The zero-order valence-electron chi connectivity index (χ0n) is 13.2. The Morgan fingerprint density at radius 2 is 1.60 bits per heavy atom. The lowest BCUT2D eigenvalue weighted by molar-refractivity contribution is -0.127. The van der Waals surface area contributed by atoms with Crippen LogP contribution >= 0.6 is 0 Å². The Bertz CT molecular complexity index is 460. The molecule has 4 heteroatoms. The minimum atomic E-state index is -0.649. The van der Waals surface area contributed by atoms with Gasteiger partial charge in [-0.25, -0.2) is 4.39 Å². The average molecular weight is 280 g/mol. The molecule has 3 nitrogen and oxygen atoms in total. The van der Waals surface area contributed by atoms with Gasteiger partial charge < -0.3 is 10.6 Å². The molecule has 1 atom stereocenters. The van der Waals surface area contributed by atoms with Crippen LogP contribution in [0.4, 0.5) is 4.39 Å². The van der Waals surface area contributed by atoms with Crippen LogP contribution in [0.1, 0.15) is 46.2 Å². The van der Waals surface area contributed by atoms with Crippen molar-refractivity contribution >= 4 is 5.91 Å². The Morgan fingerprint density at radius 1 is 1.10 bits per heavy atom. The van der Waals surface area contributed by atoms with Crippen LogP contribution < -0.4 is 10.6 Å². The van der Waals surface area contributed by atoms with E-state index in [9.17, 15) is 9.18 Å². The van der Waals surface area contributed by atoms with Gasteiger partial charge in [-0.15, -0.1) is 0 Å². The summed E-state index contributed by atoms with van der Waals surface area (Å²) in [6.45, 7) is 9.80. The molecule has 0 fully saturated rings. The summed E-state index contributed by atoms with van der Waals surface area (Å²) in [5.74, 6) is -0.354. The highest BCUT2D eigenvalue weighted by Gasteiger charge is 2.33. The third-order valence-electron chi connectivity index (χ3n) is 3.54. The fourth-order valence-electron chi connectivity index (χ4n) is 1.88. The van der Waals surface area contributed by atoms with Crippen LogP contribution in [0, 0.1) is 11.2 Å². The molecule has 2 N–H and O–H groups in total. The molecule has 1 amide bonds. The summed E-state index contributed by atoms with van der Waals surface area (Å²) in [6, 6.07) is 6.10. The molecule has 0 radical (unpaired) electrons. The van der Waals surface area contributed by atoms with Crippen molar-refractivity contribution in [2.45, 2.75) is 46.2 Å². The molecule has 0 aromatic heterocycles. The molecule has 0 aliphatic carbocycles. The van der Waals surface area contributed by atoms with Crippen molar-refractivity contribution < 1.29 is 9.18 Å². The molecule has 112 valence electrons. The normalized spacial score (nSPS) is 13.9. The fraction of sp³-hybridized carbons (Fsp3) is 0.562. The van der Waals surface area contributed by atoms with Crippen molar-refractivity contribution in [1.82, 2.24) is 10.6 Å². The van der Waals surface area contributed by atoms with Gasteiger partial charge in [0.05, 0.1) is 11.6 Å². The molecule has 0 aliphatic heterocycles. The van der Waals surface area contributed by atoms with Gasteiger partial charge in [0.1, 0.15) is 5.82 Å². The third kappa shape index (κ3) is 4.04. The summed E-state index contributed by atoms with van der Waals surface area (Å²) in [5.41, 5.74) is 0.0834. The lowest BCUT2D eigenvalue weighted by atomic mass is 9.82. The van der Waals surface area contributed by atoms with Crippen molar-refractivity contribution in [1.29, 1.82) is 0 Å². The van der Waals surface area contributed by atoms with Crippen LogP contribution in [0.15, 0.2) is 24.3 Å². The second kappa shape index (κ2) is 5.92. The van der Waals surface area contributed by atoms with Gasteiger partial charge >= 0.3 is 0 Å². The molecule has 0 heterocycles. The number of hydrogen-bond acceptors (Lipinski definition) is 2. The highest BCUT2D eigenvalue weighted by atomic mass is 19.1. The minimum Gasteiger partial charge on any atom is -0.347 e. The monoisotopic (exact) mass is 280 g/mol. The van der Waals surface area contributed by atoms with Gasteiger partial charge in [-0.05, 0) is 44.0 Å². The number of carbonyl (C=O) groups excluding carboxylic acids is 1. The van der Waals surface area contributed by atoms with E-state index >= 15 is 0 Å². The molecular formula is C16H25FN2O. The minimum absolute atomic E-state index is 0.0794. The van der Waals surface area contributed by atoms with E-state index in [2.05, 4.69) is 10.6 Å². The van der Waals surface area contributed by atoms with Crippen molar-refractivity contribution in [3.63, 3.8) is 0 Å². The molecule has 1 rings (SSSR count). The first-order valence-electron chi connectivity index (χ1n) is 6.83. The number of amides is 1. The molecule has 0 saturated heterocycles. The number of benzene rings is 1. The van der Waals surface area contributed by atoms with Crippen molar-refractivity contribution in [3.8, 4) is 0 Å². The second-order valence-electron chi connectivity index (χ2n) is 6.70. The van der Waals surface area contributed by atoms with Crippen LogP contribution in [0.25, 0.3) is 0 Å². The summed E-state index contributed by atoms with van der Waals surface area (Å²) >= 11 is 0. The molecule has 0 bridgehead atoms. The predicted molar refractivity (Wildman–Crippen MR) is 79.9 cm³/mol. The first-order chi connectivity index (χ1) is 9.08. The molecule has 20 heavy (non-hydrogen) atoms. The van der Waals surface area contributed by atoms with Crippen molar-refractivity contribution in [2.24, 2.45) is 5.41 Å². The van der Waals surface area contributed by atoms with Crippen LogP contribution in [-0.4, -0.2) is 18.5 Å². The Kier molecular flexibility index (Phi) is 4.92. The topological polar surface area (TPSA) is 41.1 Å². The van der Waals surface area contributed by atoms with Crippen LogP contribution in [0.2, 0.25) is 0 Å². The van der Waals surface area contributed by atoms with Crippen LogP contribution in [0.3, 0.4) is 0 Å². The largest absolute Gasteiger partial charge is 0.347 e. The van der Waals surface area contributed by atoms with E-state index < -0.39 is 5.54 Å². The lowest BCUT2D eigenvalue weighted by Crippen LogP contribution is -2.53. The smallest absolute Gasteiger partial charge is 0.240 e. The highest BCUT2D eigenvalue weighted by Crippen LogP contribution is 2.33. The summed E-state index contributed by atoms with van der Waals surface area (Å²) in [4.78, 5) is 12.3.